The van der Waals surface area contributed by atoms with Gasteiger partial charge in [-0.3, -0.25) is 4.79 Å². The molecule has 0 aliphatic heterocycles. The van der Waals surface area contributed by atoms with Gasteiger partial charge in [-0.2, -0.15) is 0 Å². The van der Waals surface area contributed by atoms with Crippen LogP contribution < -0.4 is 15.6 Å². The number of ether oxygens (including phenoxy) is 1. The predicted molar refractivity (Wildman–Crippen MR) is 89.4 cm³/mol. The molecular formula is C17H19N2O2S+. The van der Waals surface area contributed by atoms with E-state index in [4.69, 9.17) is 4.74 Å². The molecule has 22 heavy (non-hydrogen) atoms. The number of aromatic amines is 1. The fourth-order valence-corrected chi connectivity index (χ4v) is 3.14. The van der Waals surface area contributed by atoms with Crippen LogP contribution in [0.1, 0.15) is 17.4 Å². The van der Waals surface area contributed by atoms with E-state index in [0.29, 0.717) is 13.2 Å². The molecule has 3 rings (SSSR count). The van der Waals surface area contributed by atoms with Crippen LogP contribution in [0.4, 0.5) is 0 Å². The molecule has 1 aromatic carbocycles. The number of nitrogens with one attached hydrogen (secondary N) is 1. The lowest BCUT2D eigenvalue weighted by atomic mass is 10.1. The third-order valence-corrected chi connectivity index (χ3v) is 4.39. The van der Waals surface area contributed by atoms with Crippen LogP contribution in [0.25, 0.3) is 10.9 Å². The summed E-state index contributed by atoms with van der Waals surface area (Å²) in [5.41, 5.74) is 1.62. The third kappa shape index (κ3) is 3.37. The third-order valence-electron chi connectivity index (χ3n) is 3.49. The van der Waals surface area contributed by atoms with Crippen LogP contribution in [0.3, 0.4) is 0 Å². The molecule has 0 amide bonds. The molecule has 0 saturated carbocycles. The summed E-state index contributed by atoms with van der Waals surface area (Å²) in [4.78, 5) is 16.4. The molecule has 0 fully saturated rings. The summed E-state index contributed by atoms with van der Waals surface area (Å²) < 4.78 is 5.52. The Bertz CT molecular complexity index is 809. The first-order chi connectivity index (χ1) is 10.8. The van der Waals surface area contributed by atoms with Crippen LogP contribution in [0.2, 0.25) is 0 Å². The number of thiophene rings is 1. The Morgan fingerprint density at radius 1 is 1.23 bits per heavy atom. The van der Waals surface area contributed by atoms with Gasteiger partial charge in [-0.1, -0.05) is 6.07 Å². The fraction of sp³-hybridized carbons (Fsp3) is 0.235. The largest absolute Gasteiger partial charge is 0.494 e. The van der Waals surface area contributed by atoms with Gasteiger partial charge in [0.15, 0.2) is 0 Å². The average molecular weight is 315 g/mol. The van der Waals surface area contributed by atoms with Crippen LogP contribution >= 0.6 is 11.3 Å². The minimum absolute atomic E-state index is 0.0147. The van der Waals surface area contributed by atoms with E-state index in [2.05, 4.69) is 21.7 Å². The Kier molecular flexibility index (Phi) is 4.56. The molecule has 0 spiro atoms. The summed E-state index contributed by atoms with van der Waals surface area (Å²) >= 11 is 1.74. The van der Waals surface area contributed by atoms with Crippen LogP contribution in [0.5, 0.6) is 5.75 Å². The molecule has 0 radical (unpaired) electrons. The van der Waals surface area contributed by atoms with E-state index < -0.39 is 0 Å². The number of fused-ring (bicyclic) bond motifs is 1. The topological polar surface area (TPSA) is 58.7 Å². The van der Waals surface area contributed by atoms with E-state index in [1.54, 1.807) is 11.3 Å². The van der Waals surface area contributed by atoms with Crippen LogP contribution in [0.15, 0.2) is 46.6 Å². The summed E-state index contributed by atoms with van der Waals surface area (Å²) in [7, 11) is 0. The Balaban J connectivity index is 1.79. The molecule has 3 N–H and O–H groups in total. The smallest absolute Gasteiger partial charge is 0.257 e. The maximum Gasteiger partial charge on any atom is 0.257 e. The van der Waals surface area contributed by atoms with Gasteiger partial charge in [0.2, 0.25) is 0 Å². The number of benzene rings is 1. The Hall–Kier alpha value is -2.11. The molecule has 0 unspecified atom stereocenters. The van der Waals surface area contributed by atoms with Crippen LogP contribution in [0, 0.1) is 0 Å². The van der Waals surface area contributed by atoms with Gasteiger partial charge in [-0.05, 0) is 42.6 Å². The van der Waals surface area contributed by atoms with Crippen molar-refractivity contribution in [3.8, 4) is 5.75 Å². The maximum atomic E-state index is 12.1. The highest BCUT2D eigenvalue weighted by molar-refractivity contribution is 7.09. The van der Waals surface area contributed by atoms with E-state index in [1.165, 1.54) is 4.88 Å². The van der Waals surface area contributed by atoms with Crippen molar-refractivity contribution in [2.75, 3.05) is 6.61 Å². The lowest BCUT2D eigenvalue weighted by Crippen LogP contribution is -2.81. The molecule has 4 nitrogen and oxygen atoms in total. The number of rotatable bonds is 6. The van der Waals surface area contributed by atoms with Crippen molar-refractivity contribution in [1.29, 1.82) is 0 Å². The number of hydrogen-bond acceptors (Lipinski definition) is 3. The SMILES string of the molecule is CCOc1ccc2[nH]c(=O)c(C[NH2+]Cc3cccs3)cc2c1. The highest BCUT2D eigenvalue weighted by Gasteiger charge is 2.06. The second-order valence-corrected chi connectivity index (χ2v) is 6.11. The van der Waals surface area contributed by atoms with Gasteiger partial charge >= 0.3 is 0 Å². The number of quaternary nitrogens is 1. The number of nitrogens with two attached hydrogens (primary N) is 1. The van der Waals surface area contributed by atoms with Gasteiger partial charge in [0.25, 0.3) is 5.56 Å². The lowest BCUT2D eigenvalue weighted by molar-refractivity contribution is -0.685. The molecule has 2 aromatic heterocycles. The monoisotopic (exact) mass is 315 g/mol. The molecule has 0 atom stereocenters. The zero-order chi connectivity index (χ0) is 15.4. The van der Waals surface area contributed by atoms with Crippen molar-refractivity contribution in [3.05, 3.63) is 62.6 Å². The van der Waals surface area contributed by atoms with Crippen molar-refractivity contribution < 1.29 is 10.1 Å². The maximum absolute atomic E-state index is 12.1. The second-order valence-electron chi connectivity index (χ2n) is 5.08. The van der Waals surface area contributed by atoms with Crippen molar-refractivity contribution in [2.45, 2.75) is 20.0 Å². The molecule has 3 aromatic rings. The van der Waals surface area contributed by atoms with Gasteiger partial charge < -0.3 is 15.0 Å². The highest BCUT2D eigenvalue weighted by Crippen LogP contribution is 2.19. The molecular weight excluding hydrogens is 296 g/mol. The molecule has 0 aliphatic carbocycles. The minimum atomic E-state index is -0.0147. The summed E-state index contributed by atoms with van der Waals surface area (Å²) in [6, 6.07) is 11.9. The standard InChI is InChI=1S/C17H18N2O2S/c1-2-21-14-5-6-16-12(9-14)8-13(17(20)19-16)10-18-11-15-4-3-7-22-15/h3-9,18H,2,10-11H2,1H3,(H,19,20)/p+1. The van der Waals surface area contributed by atoms with Gasteiger partial charge in [0, 0.05) is 10.9 Å². The molecule has 2 heterocycles. The Labute approximate surface area is 132 Å². The van der Waals surface area contributed by atoms with Gasteiger partial charge in [0.05, 0.1) is 17.0 Å². The first-order valence-corrected chi connectivity index (χ1v) is 8.27. The lowest BCUT2D eigenvalue weighted by Gasteiger charge is -2.06. The second kappa shape index (κ2) is 6.77. The molecule has 5 heteroatoms. The normalized spacial score (nSPS) is 11.0. The first kappa shape index (κ1) is 14.8. The minimum Gasteiger partial charge on any atom is -0.494 e. The van der Waals surface area contributed by atoms with Crippen LogP contribution in [-0.2, 0) is 13.1 Å². The van der Waals surface area contributed by atoms with Gasteiger partial charge in [-0.25, -0.2) is 0 Å². The van der Waals surface area contributed by atoms with E-state index in [0.717, 1.165) is 28.8 Å². The molecule has 0 saturated heterocycles. The molecule has 114 valence electrons. The first-order valence-electron chi connectivity index (χ1n) is 7.39. The summed E-state index contributed by atoms with van der Waals surface area (Å²) in [6.07, 6.45) is 0. The van der Waals surface area contributed by atoms with Crippen LogP contribution in [-0.4, -0.2) is 11.6 Å². The fourth-order valence-electron chi connectivity index (χ4n) is 2.44. The van der Waals surface area contributed by atoms with Crippen molar-refractivity contribution >= 4 is 22.2 Å². The molecule has 0 bridgehead atoms. The van der Waals surface area contributed by atoms with Gasteiger partial charge in [0.1, 0.15) is 18.8 Å². The number of hydrogen-bond donors (Lipinski definition) is 2. The van der Waals surface area contributed by atoms with E-state index >= 15 is 0 Å². The van der Waals surface area contributed by atoms with Gasteiger partial charge in [-0.15, -0.1) is 11.3 Å². The van der Waals surface area contributed by atoms with Crippen molar-refractivity contribution in [2.24, 2.45) is 0 Å². The average Bonchev–Trinajstić information content (AvgIpc) is 3.02. The zero-order valence-corrected chi connectivity index (χ0v) is 13.3. The number of aromatic nitrogens is 1. The Morgan fingerprint density at radius 2 is 2.14 bits per heavy atom. The van der Waals surface area contributed by atoms with Crippen molar-refractivity contribution in [1.82, 2.24) is 4.98 Å². The summed E-state index contributed by atoms with van der Waals surface area (Å²) in [5.74, 6) is 0.829. The summed E-state index contributed by atoms with van der Waals surface area (Å²) in [6.45, 7) is 4.16. The Morgan fingerprint density at radius 3 is 2.91 bits per heavy atom. The number of H-pyrrole nitrogens is 1. The predicted octanol–water partition coefficient (Wildman–Crippen LogP) is 2.25. The zero-order valence-electron chi connectivity index (χ0n) is 12.5. The van der Waals surface area contributed by atoms with Crippen molar-refractivity contribution in [3.63, 3.8) is 0 Å². The van der Waals surface area contributed by atoms with E-state index in [1.807, 2.05) is 37.3 Å². The highest BCUT2D eigenvalue weighted by atomic mass is 32.1. The quantitative estimate of drug-likeness (QED) is 0.733. The number of pyridine rings is 1. The molecule has 0 aliphatic rings. The van der Waals surface area contributed by atoms with E-state index in [-0.39, 0.29) is 5.56 Å². The van der Waals surface area contributed by atoms with E-state index in [9.17, 15) is 4.79 Å². The summed E-state index contributed by atoms with van der Waals surface area (Å²) in [5, 5.41) is 5.22.